The first kappa shape index (κ1) is 16.3. The molecule has 2 heterocycles. The maximum Gasteiger partial charge on any atom is 0.212 e. The molecule has 2 aromatic rings. The van der Waals surface area contributed by atoms with E-state index in [4.69, 9.17) is 4.74 Å². The molecule has 0 aromatic heterocycles. The van der Waals surface area contributed by atoms with Crippen LogP contribution in [-0.4, -0.2) is 12.3 Å². The summed E-state index contributed by atoms with van der Waals surface area (Å²) in [6.07, 6.45) is 6.86. The summed E-state index contributed by atoms with van der Waals surface area (Å²) in [4.78, 5) is 2.48. The van der Waals surface area contributed by atoms with Gasteiger partial charge in [0.15, 0.2) is 0 Å². The first-order valence-corrected chi connectivity index (χ1v) is 9.35. The summed E-state index contributed by atoms with van der Waals surface area (Å²) in [6, 6.07) is 15.2. The van der Waals surface area contributed by atoms with Crippen molar-refractivity contribution in [1.29, 1.82) is 0 Å². The predicted molar refractivity (Wildman–Crippen MR) is 105 cm³/mol. The third-order valence-corrected chi connectivity index (χ3v) is 5.82. The number of aryl methyl sites for hydroxylation is 1. The fourth-order valence-corrected chi connectivity index (χ4v) is 4.33. The number of unbranched alkanes of at least 4 members (excludes halogenated alkanes) is 1. The van der Waals surface area contributed by atoms with Crippen LogP contribution in [0.4, 0.5) is 5.69 Å². The van der Waals surface area contributed by atoms with Crippen molar-refractivity contribution in [3.8, 4) is 5.75 Å². The molecule has 2 aliphatic heterocycles. The molecular formula is C23H27NO. The number of nitrogens with zero attached hydrogens (tertiary/aromatic N) is 1. The van der Waals surface area contributed by atoms with Gasteiger partial charge in [-0.15, -0.1) is 0 Å². The Hall–Kier alpha value is -2.22. The van der Waals surface area contributed by atoms with Crippen molar-refractivity contribution in [2.24, 2.45) is 0 Å². The second-order valence-corrected chi connectivity index (χ2v) is 7.82. The third-order valence-electron chi connectivity index (χ3n) is 5.82. The zero-order valence-corrected chi connectivity index (χ0v) is 15.7. The fraction of sp³-hybridized carbons (Fsp3) is 0.391. The smallest absolute Gasteiger partial charge is 0.212 e. The quantitative estimate of drug-likeness (QED) is 0.715. The average Bonchev–Trinajstić information content (AvgIpc) is 2.78. The molecule has 4 rings (SSSR count). The molecule has 0 radical (unpaired) electrons. The number of anilines is 1. The molecule has 1 atom stereocenters. The lowest BCUT2D eigenvalue weighted by molar-refractivity contribution is 0.0532. The lowest BCUT2D eigenvalue weighted by Gasteiger charge is -2.47. The molecule has 0 saturated carbocycles. The van der Waals surface area contributed by atoms with Crippen molar-refractivity contribution < 1.29 is 4.74 Å². The Morgan fingerprint density at radius 3 is 2.68 bits per heavy atom. The van der Waals surface area contributed by atoms with Gasteiger partial charge in [0.05, 0.1) is 5.41 Å². The molecule has 0 N–H and O–H groups in total. The maximum atomic E-state index is 6.78. The molecule has 1 spiro atoms. The first-order chi connectivity index (χ1) is 12.0. The number of para-hydroxylation sites is 1. The molecule has 0 bridgehead atoms. The van der Waals surface area contributed by atoms with Gasteiger partial charge >= 0.3 is 0 Å². The zero-order chi connectivity index (χ0) is 17.7. The van der Waals surface area contributed by atoms with Gasteiger partial charge in [-0.3, -0.25) is 0 Å². The van der Waals surface area contributed by atoms with E-state index in [0.717, 1.165) is 18.7 Å². The van der Waals surface area contributed by atoms with Gasteiger partial charge in [0.25, 0.3) is 0 Å². The maximum absolute atomic E-state index is 6.78. The Kier molecular flexibility index (Phi) is 3.68. The highest BCUT2D eigenvalue weighted by atomic mass is 16.5. The minimum Gasteiger partial charge on any atom is -0.463 e. The van der Waals surface area contributed by atoms with Gasteiger partial charge in [-0.1, -0.05) is 43.2 Å². The Morgan fingerprint density at radius 2 is 1.88 bits per heavy atom. The molecule has 0 aliphatic carbocycles. The van der Waals surface area contributed by atoms with E-state index in [1.165, 1.54) is 28.8 Å². The van der Waals surface area contributed by atoms with Gasteiger partial charge in [-0.2, -0.15) is 0 Å². The van der Waals surface area contributed by atoms with Crippen LogP contribution in [0, 0.1) is 6.92 Å². The van der Waals surface area contributed by atoms with E-state index in [2.05, 4.69) is 87.2 Å². The van der Waals surface area contributed by atoms with E-state index in [0.29, 0.717) is 0 Å². The van der Waals surface area contributed by atoms with Crippen LogP contribution in [0.25, 0.3) is 6.08 Å². The van der Waals surface area contributed by atoms with E-state index in [1.807, 2.05) is 0 Å². The Bertz CT molecular complexity index is 836. The Balaban J connectivity index is 1.86. The monoisotopic (exact) mass is 333 g/mol. The molecule has 25 heavy (non-hydrogen) atoms. The highest BCUT2D eigenvalue weighted by Crippen LogP contribution is 2.54. The summed E-state index contributed by atoms with van der Waals surface area (Å²) in [7, 11) is 0. The topological polar surface area (TPSA) is 12.5 Å². The minimum atomic E-state index is -0.464. The molecule has 130 valence electrons. The van der Waals surface area contributed by atoms with Gasteiger partial charge in [-0.05, 0) is 63.1 Å². The van der Waals surface area contributed by atoms with Crippen molar-refractivity contribution >= 4 is 11.8 Å². The minimum absolute atomic E-state index is 0.129. The number of hydrogen-bond donors (Lipinski definition) is 0. The van der Waals surface area contributed by atoms with Crippen LogP contribution < -0.4 is 9.64 Å². The Labute approximate surface area is 151 Å². The second kappa shape index (κ2) is 5.66. The van der Waals surface area contributed by atoms with Crippen LogP contribution in [0.3, 0.4) is 0 Å². The molecule has 2 aromatic carbocycles. The van der Waals surface area contributed by atoms with Crippen molar-refractivity contribution in [3.63, 3.8) is 0 Å². The fourth-order valence-electron chi connectivity index (χ4n) is 4.33. The number of benzene rings is 2. The number of hydrogen-bond acceptors (Lipinski definition) is 2. The first-order valence-electron chi connectivity index (χ1n) is 9.35. The van der Waals surface area contributed by atoms with Crippen molar-refractivity contribution in [2.75, 3.05) is 11.4 Å². The molecule has 0 fully saturated rings. The summed E-state index contributed by atoms with van der Waals surface area (Å²) in [5, 5.41) is 0. The second-order valence-electron chi connectivity index (χ2n) is 7.82. The van der Waals surface area contributed by atoms with Crippen molar-refractivity contribution in [3.05, 3.63) is 65.2 Å². The van der Waals surface area contributed by atoms with Crippen molar-refractivity contribution in [2.45, 2.75) is 51.7 Å². The third kappa shape index (κ3) is 2.23. The molecule has 2 heteroatoms. The van der Waals surface area contributed by atoms with Crippen LogP contribution >= 0.6 is 0 Å². The van der Waals surface area contributed by atoms with E-state index in [1.54, 1.807) is 0 Å². The highest BCUT2D eigenvalue weighted by molar-refractivity contribution is 5.72. The van der Waals surface area contributed by atoms with Gasteiger partial charge in [0.1, 0.15) is 5.75 Å². The van der Waals surface area contributed by atoms with E-state index < -0.39 is 5.72 Å². The van der Waals surface area contributed by atoms with Crippen molar-refractivity contribution in [1.82, 2.24) is 0 Å². The highest BCUT2D eigenvalue weighted by Gasteiger charge is 2.58. The van der Waals surface area contributed by atoms with Gasteiger partial charge < -0.3 is 9.64 Å². The van der Waals surface area contributed by atoms with Crippen LogP contribution in [0.2, 0.25) is 0 Å². The zero-order valence-electron chi connectivity index (χ0n) is 15.7. The summed E-state index contributed by atoms with van der Waals surface area (Å²) < 4.78 is 6.78. The van der Waals surface area contributed by atoms with E-state index in [-0.39, 0.29) is 5.41 Å². The lowest BCUT2D eigenvalue weighted by Crippen LogP contribution is -2.59. The summed E-state index contributed by atoms with van der Waals surface area (Å²) in [5.41, 5.74) is 4.52. The molecule has 2 aliphatic rings. The lowest BCUT2D eigenvalue weighted by atomic mass is 9.76. The standard InChI is InChI=1S/C23H27NO/c1-5-6-15-24-20-10-8-7-9-19(20)22(3,4)23(24)14-13-18-16-17(2)11-12-21(18)25-23/h7-14,16H,5-6,15H2,1-4H3/t23-/m1/s1. The van der Waals surface area contributed by atoms with Gasteiger partial charge in [0.2, 0.25) is 5.72 Å². The predicted octanol–water partition coefficient (Wildman–Crippen LogP) is 5.69. The summed E-state index contributed by atoms with van der Waals surface area (Å²) in [5.74, 6) is 0.982. The molecule has 0 saturated heterocycles. The Morgan fingerprint density at radius 1 is 1.08 bits per heavy atom. The van der Waals surface area contributed by atoms with Crippen LogP contribution in [0.5, 0.6) is 5.75 Å². The number of ether oxygens (including phenoxy) is 1. The SMILES string of the molecule is CCCCN1c2ccccc2C(C)(C)[C@]12C=Cc1cc(C)ccc1O2. The van der Waals surface area contributed by atoms with E-state index >= 15 is 0 Å². The largest absolute Gasteiger partial charge is 0.463 e. The summed E-state index contributed by atoms with van der Waals surface area (Å²) >= 11 is 0. The van der Waals surface area contributed by atoms with Gasteiger partial charge in [0, 0.05) is 17.8 Å². The number of fused-ring (bicyclic) bond motifs is 2. The van der Waals surface area contributed by atoms with E-state index in [9.17, 15) is 0 Å². The molecule has 0 unspecified atom stereocenters. The van der Waals surface area contributed by atoms with Crippen LogP contribution in [0.15, 0.2) is 48.5 Å². The van der Waals surface area contributed by atoms with Crippen LogP contribution in [-0.2, 0) is 5.41 Å². The van der Waals surface area contributed by atoms with Gasteiger partial charge in [-0.25, -0.2) is 0 Å². The average molecular weight is 333 g/mol. The normalized spacial score (nSPS) is 22.6. The molecule has 0 amide bonds. The number of rotatable bonds is 3. The molecule has 2 nitrogen and oxygen atoms in total. The molecular weight excluding hydrogens is 306 g/mol. The van der Waals surface area contributed by atoms with Crippen LogP contribution in [0.1, 0.15) is 50.3 Å². The summed E-state index contributed by atoms with van der Waals surface area (Å²) in [6.45, 7) is 9.99.